The summed E-state index contributed by atoms with van der Waals surface area (Å²) in [4.78, 5) is 35.3. The summed E-state index contributed by atoms with van der Waals surface area (Å²) in [5.41, 5.74) is 1.40. The third-order valence-corrected chi connectivity index (χ3v) is 3.01. The van der Waals surface area contributed by atoms with Gasteiger partial charge in [0.05, 0.1) is 5.69 Å². The van der Waals surface area contributed by atoms with Gasteiger partial charge >= 0.3 is 12.0 Å². The second kappa shape index (κ2) is 7.91. The Morgan fingerprint density at radius 3 is 2.58 bits per heavy atom. The number of ether oxygens (including phenoxy) is 1. The number of benzene rings is 1. The Bertz CT molecular complexity index is 726. The lowest BCUT2D eigenvalue weighted by Gasteiger charge is -2.12. The maximum atomic E-state index is 11.8. The fourth-order valence-corrected chi connectivity index (χ4v) is 1.77. The molecule has 2 aromatic rings. The van der Waals surface area contributed by atoms with Gasteiger partial charge in [0.25, 0.3) is 5.91 Å². The van der Waals surface area contributed by atoms with Crippen molar-refractivity contribution in [1.29, 1.82) is 0 Å². The van der Waals surface area contributed by atoms with Crippen LogP contribution in [-0.2, 0) is 16.1 Å². The standard InChI is InChI=1S/C16H17N3O5/c1-10-8-13(24-19-10)15(21)23-11(2)14(20)18-16(22)17-9-12-6-4-3-5-7-12/h3-8,11H,9H2,1-2H3,(H2,17,18,20,22)/t11-/m0/s1. The lowest BCUT2D eigenvalue weighted by Crippen LogP contribution is -2.44. The van der Waals surface area contributed by atoms with Crippen molar-refractivity contribution in [2.75, 3.05) is 0 Å². The Balaban J connectivity index is 1.78. The number of rotatable bonds is 5. The van der Waals surface area contributed by atoms with Crippen LogP contribution in [0.5, 0.6) is 0 Å². The molecule has 8 nitrogen and oxygen atoms in total. The number of aryl methyl sites for hydroxylation is 1. The molecule has 1 aromatic heterocycles. The number of nitrogens with one attached hydrogen (secondary N) is 2. The maximum Gasteiger partial charge on any atom is 0.377 e. The Hall–Kier alpha value is -3.16. The van der Waals surface area contributed by atoms with Crippen molar-refractivity contribution >= 4 is 17.9 Å². The van der Waals surface area contributed by atoms with Crippen LogP contribution in [0.15, 0.2) is 40.9 Å². The van der Waals surface area contributed by atoms with E-state index in [1.807, 2.05) is 30.3 Å². The predicted molar refractivity (Wildman–Crippen MR) is 82.9 cm³/mol. The molecule has 0 bridgehead atoms. The molecule has 0 unspecified atom stereocenters. The first-order chi connectivity index (χ1) is 11.5. The quantitative estimate of drug-likeness (QED) is 0.804. The lowest BCUT2D eigenvalue weighted by molar-refractivity contribution is -0.128. The van der Waals surface area contributed by atoms with Gasteiger partial charge in [-0.25, -0.2) is 9.59 Å². The zero-order valence-corrected chi connectivity index (χ0v) is 13.2. The summed E-state index contributed by atoms with van der Waals surface area (Å²) < 4.78 is 9.65. The van der Waals surface area contributed by atoms with Gasteiger partial charge in [-0.3, -0.25) is 10.1 Å². The number of hydrogen-bond donors (Lipinski definition) is 2. The van der Waals surface area contributed by atoms with Gasteiger partial charge in [0.15, 0.2) is 6.10 Å². The summed E-state index contributed by atoms with van der Waals surface area (Å²) in [5, 5.41) is 8.18. The summed E-state index contributed by atoms with van der Waals surface area (Å²) in [6, 6.07) is 9.93. The third kappa shape index (κ3) is 4.94. The van der Waals surface area contributed by atoms with Crippen LogP contribution in [0.3, 0.4) is 0 Å². The number of aromatic nitrogens is 1. The minimum atomic E-state index is -1.16. The van der Waals surface area contributed by atoms with Crippen LogP contribution in [0.25, 0.3) is 0 Å². The number of carbonyl (C=O) groups is 3. The second-order valence-electron chi connectivity index (χ2n) is 5.04. The molecular weight excluding hydrogens is 314 g/mol. The number of carbonyl (C=O) groups excluding carboxylic acids is 3. The highest BCUT2D eigenvalue weighted by Gasteiger charge is 2.22. The molecule has 0 spiro atoms. The largest absolute Gasteiger partial charge is 0.447 e. The molecule has 1 aromatic carbocycles. The van der Waals surface area contributed by atoms with E-state index < -0.39 is 24.0 Å². The predicted octanol–water partition coefficient (Wildman–Crippen LogP) is 1.55. The van der Waals surface area contributed by atoms with Crippen LogP contribution in [0.1, 0.15) is 28.7 Å². The molecule has 2 rings (SSSR count). The van der Waals surface area contributed by atoms with E-state index in [1.54, 1.807) is 6.92 Å². The van der Waals surface area contributed by atoms with Crippen LogP contribution in [0.2, 0.25) is 0 Å². The summed E-state index contributed by atoms with van der Waals surface area (Å²) in [5.74, 6) is -1.69. The Kier molecular flexibility index (Phi) is 5.67. The summed E-state index contributed by atoms with van der Waals surface area (Å²) in [7, 11) is 0. The molecule has 0 aliphatic heterocycles. The van der Waals surface area contributed by atoms with E-state index in [4.69, 9.17) is 9.26 Å². The van der Waals surface area contributed by atoms with E-state index in [2.05, 4.69) is 15.8 Å². The van der Waals surface area contributed by atoms with Gasteiger partial charge in [-0.05, 0) is 19.4 Å². The molecular formula is C16H17N3O5. The molecule has 0 saturated carbocycles. The molecule has 24 heavy (non-hydrogen) atoms. The lowest BCUT2D eigenvalue weighted by atomic mass is 10.2. The van der Waals surface area contributed by atoms with E-state index in [0.717, 1.165) is 5.56 Å². The summed E-state index contributed by atoms with van der Waals surface area (Å²) >= 11 is 0. The summed E-state index contributed by atoms with van der Waals surface area (Å²) in [6.07, 6.45) is -1.16. The molecule has 2 N–H and O–H groups in total. The number of urea groups is 1. The van der Waals surface area contributed by atoms with Crippen molar-refractivity contribution in [2.45, 2.75) is 26.5 Å². The SMILES string of the molecule is Cc1cc(C(=O)O[C@@H](C)C(=O)NC(=O)NCc2ccccc2)on1. The fraction of sp³-hybridized carbons (Fsp3) is 0.250. The Labute approximate surface area is 138 Å². The topological polar surface area (TPSA) is 111 Å². The highest BCUT2D eigenvalue weighted by atomic mass is 16.6. The van der Waals surface area contributed by atoms with Gasteiger partial charge in [-0.2, -0.15) is 0 Å². The molecule has 0 fully saturated rings. The van der Waals surface area contributed by atoms with Gasteiger partial charge in [0.2, 0.25) is 5.76 Å². The Morgan fingerprint density at radius 2 is 1.96 bits per heavy atom. The highest BCUT2D eigenvalue weighted by molar-refractivity contribution is 5.98. The minimum absolute atomic E-state index is 0.110. The number of esters is 1. The zero-order chi connectivity index (χ0) is 17.5. The van der Waals surface area contributed by atoms with E-state index in [-0.39, 0.29) is 12.3 Å². The van der Waals surface area contributed by atoms with Gasteiger partial charge in [0, 0.05) is 12.6 Å². The Morgan fingerprint density at radius 1 is 1.25 bits per heavy atom. The normalized spacial score (nSPS) is 11.4. The van der Waals surface area contributed by atoms with Gasteiger partial charge < -0.3 is 14.6 Å². The van der Waals surface area contributed by atoms with E-state index >= 15 is 0 Å². The fourth-order valence-electron chi connectivity index (χ4n) is 1.77. The first kappa shape index (κ1) is 17.2. The monoisotopic (exact) mass is 331 g/mol. The minimum Gasteiger partial charge on any atom is -0.447 e. The van der Waals surface area contributed by atoms with Crippen molar-refractivity contribution in [3.8, 4) is 0 Å². The maximum absolute atomic E-state index is 11.8. The molecule has 1 heterocycles. The highest BCUT2D eigenvalue weighted by Crippen LogP contribution is 2.06. The first-order valence-corrected chi connectivity index (χ1v) is 7.22. The number of nitrogens with zero attached hydrogens (tertiary/aromatic N) is 1. The molecule has 0 radical (unpaired) electrons. The second-order valence-corrected chi connectivity index (χ2v) is 5.04. The van der Waals surface area contributed by atoms with Gasteiger partial charge in [-0.15, -0.1) is 0 Å². The molecule has 126 valence electrons. The number of hydrogen-bond acceptors (Lipinski definition) is 6. The van der Waals surface area contributed by atoms with E-state index in [0.29, 0.717) is 5.69 Å². The average molecular weight is 331 g/mol. The number of imide groups is 1. The average Bonchev–Trinajstić information content (AvgIpc) is 3.00. The van der Waals surface area contributed by atoms with Crippen LogP contribution in [0, 0.1) is 6.92 Å². The third-order valence-electron chi connectivity index (χ3n) is 3.01. The molecule has 8 heteroatoms. The molecule has 0 aliphatic rings. The zero-order valence-electron chi connectivity index (χ0n) is 13.2. The molecule has 3 amide bonds. The van der Waals surface area contributed by atoms with Crippen LogP contribution >= 0.6 is 0 Å². The molecule has 0 aliphatic carbocycles. The van der Waals surface area contributed by atoms with Crippen LogP contribution < -0.4 is 10.6 Å². The van der Waals surface area contributed by atoms with Crippen molar-refractivity contribution in [1.82, 2.24) is 15.8 Å². The van der Waals surface area contributed by atoms with Crippen molar-refractivity contribution in [3.05, 3.63) is 53.4 Å². The van der Waals surface area contributed by atoms with Crippen molar-refractivity contribution < 1.29 is 23.6 Å². The first-order valence-electron chi connectivity index (χ1n) is 7.22. The van der Waals surface area contributed by atoms with Crippen LogP contribution in [-0.4, -0.2) is 29.2 Å². The van der Waals surface area contributed by atoms with Gasteiger partial charge in [-0.1, -0.05) is 35.5 Å². The van der Waals surface area contributed by atoms with E-state index in [9.17, 15) is 14.4 Å². The molecule has 1 atom stereocenters. The van der Waals surface area contributed by atoms with Crippen LogP contribution in [0.4, 0.5) is 4.79 Å². The smallest absolute Gasteiger partial charge is 0.377 e. The molecule has 0 saturated heterocycles. The number of amides is 3. The van der Waals surface area contributed by atoms with Crippen molar-refractivity contribution in [3.63, 3.8) is 0 Å². The van der Waals surface area contributed by atoms with Gasteiger partial charge in [0.1, 0.15) is 0 Å². The summed E-state index contributed by atoms with van der Waals surface area (Å²) in [6.45, 7) is 3.26. The van der Waals surface area contributed by atoms with Crippen molar-refractivity contribution in [2.24, 2.45) is 0 Å². The van der Waals surface area contributed by atoms with E-state index in [1.165, 1.54) is 13.0 Å².